The fourth-order valence-electron chi connectivity index (χ4n) is 1.85. The number of carbonyl (C=O) groups is 1. The number of nitrogens with zero attached hydrogens (tertiary/aromatic N) is 1. The third-order valence-electron chi connectivity index (χ3n) is 2.93. The number of carbonyl (C=O) groups excluding carboxylic acids is 1. The van der Waals surface area contributed by atoms with Crippen LogP contribution in [0.5, 0.6) is 0 Å². The van der Waals surface area contributed by atoms with Crippen LogP contribution in [0.3, 0.4) is 0 Å². The zero-order chi connectivity index (χ0) is 14.7. The zero-order valence-corrected chi connectivity index (χ0v) is 13.2. The Labute approximate surface area is 131 Å². The number of nitrogen functional groups attached to an aromatic ring is 1. The van der Waals surface area contributed by atoms with Gasteiger partial charge in [0.2, 0.25) is 0 Å². The standard InChI is InChI=1S/C14H14Cl2N2OS/c1-2-18(8-9-6-7-12(16)20-9)14(19)10-4-3-5-11(15)13(10)17/h3-7H,2,8,17H2,1H3. The lowest BCUT2D eigenvalue weighted by atomic mass is 10.1. The molecule has 1 aromatic heterocycles. The lowest BCUT2D eigenvalue weighted by Crippen LogP contribution is -2.30. The van der Waals surface area contributed by atoms with Crippen LogP contribution in [0.2, 0.25) is 9.36 Å². The van der Waals surface area contributed by atoms with Gasteiger partial charge in [-0.15, -0.1) is 11.3 Å². The van der Waals surface area contributed by atoms with E-state index in [2.05, 4.69) is 0 Å². The van der Waals surface area contributed by atoms with Gasteiger partial charge >= 0.3 is 0 Å². The molecular formula is C14H14Cl2N2OS. The van der Waals surface area contributed by atoms with Crippen LogP contribution < -0.4 is 5.73 Å². The molecule has 0 atom stereocenters. The van der Waals surface area contributed by atoms with Gasteiger partial charge in [0.25, 0.3) is 5.91 Å². The Balaban J connectivity index is 2.23. The van der Waals surface area contributed by atoms with Crippen LogP contribution in [0.4, 0.5) is 5.69 Å². The largest absolute Gasteiger partial charge is 0.397 e. The molecule has 1 heterocycles. The lowest BCUT2D eigenvalue weighted by Gasteiger charge is -2.21. The van der Waals surface area contributed by atoms with Crippen LogP contribution in [-0.2, 0) is 6.54 Å². The Morgan fingerprint density at radius 3 is 2.65 bits per heavy atom. The fraction of sp³-hybridized carbons (Fsp3) is 0.214. The van der Waals surface area contributed by atoms with Crippen molar-refractivity contribution < 1.29 is 4.79 Å². The lowest BCUT2D eigenvalue weighted by molar-refractivity contribution is 0.0755. The van der Waals surface area contributed by atoms with E-state index in [4.69, 9.17) is 28.9 Å². The first-order valence-electron chi connectivity index (χ1n) is 6.10. The van der Waals surface area contributed by atoms with Crippen molar-refractivity contribution in [2.24, 2.45) is 0 Å². The highest BCUT2D eigenvalue weighted by molar-refractivity contribution is 7.16. The molecule has 0 aliphatic carbocycles. The van der Waals surface area contributed by atoms with Crippen molar-refractivity contribution in [2.45, 2.75) is 13.5 Å². The average Bonchev–Trinajstić information content (AvgIpc) is 2.84. The molecule has 0 aliphatic rings. The Hall–Kier alpha value is -1.23. The molecule has 0 bridgehead atoms. The van der Waals surface area contributed by atoms with Crippen LogP contribution in [-0.4, -0.2) is 17.4 Å². The number of hydrogen-bond acceptors (Lipinski definition) is 3. The van der Waals surface area contributed by atoms with E-state index in [1.165, 1.54) is 11.3 Å². The molecule has 2 aromatic rings. The van der Waals surface area contributed by atoms with Crippen molar-refractivity contribution in [1.29, 1.82) is 0 Å². The van der Waals surface area contributed by atoms with Gasteiger partial charge in [-0.2, -0.15) is 0 Å². The first-order valence-corrected chi connectivity index (χ1v) is 7.67. The van der Waals surface area contributed by atoms with Gasteiger partial charge < -0.3 is 10.6 Å². The van der Waals surface area contributed by atoms with Gasteiger partial charge in [-0.25, -0.2) is 0 Å². The molecule has 106 valence electrons. The van der Waals surface area contributed by atoms with Gasteiger partial charge in [-0.3, -0.25) is 4.79 Å². The van der Waals surface area contributed by atoms with Crippen molar-refractivity contribution in [3.63, 3.8) is 0 Å². The molecule has 0 saturated carbocycles. The summed E-state index contributed by atoms with van der Waals surface area (Å²) in [5.41, 5.74) is 6.63. The Bertz CT molecular complexity index is 627. The highest BCUT2D eigenvalue weighted by Crippen LogP contribution is 2.26. The number of benzene rings is 1. The summed E-state index contributed by atoms with van der Waals surface area (Å²) in [4.78, 5) is 15.3. The minimum absolute atomic E-state index is 0.128. The number of hydrogen-bond donors (Lipinski definition) is 1. The smallest absolute Gasteiger partial charge is 0.256 e. The van der Waals surface area contributed by atoms with Crippen molar-refractivity contribution in [1.82, 2.24) is 4.90 Å². The summed E-state index contributed by atoms with van der Waals surface area (Å²) in [5, 5.41) is 0.395. The Kier molecular flexibility index (Phi) is 4.91. The van der Waals surface area contributed by atoms with E-state index in [-0.39, 0.29) is 5.91 Å². The molecule has 0 saturated heterocycles. The quantitative estimate of drug-likeness (QED) is 0.850. The number of nitrogens with two attached hydrogens (primary N) is 1. The third kappa shape index (κ3) is 3.26. The second-order valence-electron chi connectivity index (χ2n) is 4.23. The molecule has 0 spiro atoms. The summed E-state index contributed by atoms with van der Waals surface area (Å²) in [6.45, 7) is 3.02. The Morgan fingerprint density at radius 1 is 1.30 bits per heavy atom. The molecule has 0 aliphatic heterocycles. The first-order chi connectivity index (χ1) is 9.52. The molecule has 0 fully saturated rings. The highest BCUT2D eigenvalue weighted by Gasteiger charge is 2.18. The normalized spacial score (nSPS) is 10.6. The van der Waals surface area contributed by atoms with Gasteiger partial charge in [-0.1, -0.05) is 29.3 Å². The van der Waals surface area contributed by atoms with Gasteiger partial charge in [0, 0.05) is 11.4 Å². The summed E-state index contributed by atoms with van der Waals surface area (Å²) in [6, 6.07) is 8.83. The predicted molar refractivity (Wildman–Crippen MR) is 85.6 cm³/mol. The van der Waals surface area contributed by atoms with E-state index < -0.39 is 0 Å². The van der Waals surface area contributed by atoms with E-state index in [9.17, 15) is 4.79 Å². The summed E-state index contributed by atoms with van der Waals surface area (Å²) < 4.78 is 0.714. The van der Waals surface area contributed by atoms with Gasteiger partial charge in [-0.05, 0) is 31.2 Å². The number of thiophene rings is 1. The second-order valence-corrected chi connectivity index (χ2v) is 6.43. The van der Waals surface area contributed by atoms with Gasteiger partial charge in [0.05, 0.1) is 27.2 Å². The second kappa shape index (κ2) is 6.48. The topological polar surface area (TPSA) is 46.3 Å². The zero-order valence-electron chi connectivity index (χ0n) is 10.9. The van der Waals surface area contributed by atoms with Crippen LogP contribution in [0.25, 0.3) is 0 Å². The van der Waals surface area contributed by atoms with Crippen LogP contribution >= 0.6 is 34.5 Å². The molecule has 20 heavy (non-hydrogen) atoms. The van der Waals surface area contributed by atoms with Gasteiger partial charge in [0.1, 0.15) is 0 Å². The van der Waals surface area contributed by atoms with Crippen LogP contribution in [0, 0.1) is 0 Å². The average molecular weight is 329 g/mol. The molecule has 1 aromatic carbocycles. The predicted octanol–water partition coefficient (Wildman–Crippen LogP) is 4.30. The minimum Gasteiger partial charge on any atom is -0.397 e. The number of halogens is 2. The molecule has 2 N–H and O–H groups in total. The van der Waals surface area contributed by atoms with Crippen molar-refractivity contribution in [2.75, 3.05) is 12.3 Å². The van der Waals surface area contributed by atoms with E-state index in [0.717, 1.165) is 4.88 Å². The first kappa shape index (κ1) is 15.2. The minimum atomic E-state index is -0.128. The molecule has 6 heteroatoms. The van der Waals surface area contributed by atoms with E-state index in [1.807, 2.05) is 19.1 Å². The summed E-state index contributed by atoms with van der Waals surface area (Å²) in [7, 11) is 0. The van der Waals surface area contributed by atoms with E-state index in [1.54, 1.807) is 23.1 Å². The third-order valence-corrected chi connectivity index (χ3v) is 4.47. The number of anilines is 1. The SMILES string of the molecule is CCN(Cc1ccc(Cl)s1)C(=O)c1cccc(Cl)c1N. The molecular weight excluding hydrogens is 315 g/mol. The maximum absolute atomic E-state index is 12.5. The molecule has 0 radical (unpaired) electrons. The number of rotatable bonds is 4. The number of amides is 1. The van der Waals surface area contributed by atoms with Crippen molar-refractivity contribution in [3.8, 4) is 0 Å². The maximum Gasteiger partial charge on any atom is 0.256 e. The fourth-order valence-corrected chi connectivity index (χ4v) is 3.12. The molecule has 2 rings (SSSR count). The maximum atomic E-state index is 12.5. The van der Waals surface area contributed by atoms with Crippen molar-refractivity contribution in [3.05, 3.63) is 50.1 Å². The molecule has 0 unspecified atom stereocenters. The highest BCUT2D eigenvalue weighted by atomic mass is 35.5. The van der Waals surface area contributed by atoms with Crippen LogP contribution in [0.1, 0.15) is 22.2 Å². The number of para-hydroxylation sites is 1. The molecule has 1 amide bonds. The van der Waals surface area contributed by atoms with Crippen LogP contribution in [0.15, 0.2) is 30.3 Å². The van der Waals surface area contributed by atoms with Gasteiger partial charge in [0.15, 0.2) is 0 Å². The van der Waals surface area contributed by atoms with E-state index in [0.29, 0.717) is 33.7 Å². The van der Waals surface area contributed by atoms with Crippen molar-refractivity contribution >= 4 is 46.1 Å². The monoisotopic (exact) mass is 328 g/mol. The van der Waals surface area contributed by atoms with E-state index >= 15 is 0 Å². The molecule has 3 nitrogen and oxygen atoms in total. The Morgan fingerprint density at radius 2 is 2.05 bits per heavy atom. The summed E-state index contributed by atoms with van der Waals surface area (Å²) in [6.07, 6.45) is 0. The summed E-state index contributed by atoms with van der Waals surface area (Å²) >= 11 is 13.3. The summed E-state index contributed by atoms with van der Waals surface area (Å²) in [5.74, 6) is -0.128.